The Morgan fingerprint density at radius 1 is 0.639 bits per heavy atom. The minimum Gasteiger partial charge on any atom is -0.493 e. The number of ketones is 2. The molecule has 108 heavy (non-hydrogen) atoms. The van der Waals surface area contributed by atoms with Gasteiger partial charge in [-0.1, -0.05) is 88.7 Å². The number of nitrogens with zero attached hydrogens (tertiary/aromatic N) is 8. The van der Waals surface area contributed by atoms with E-state index in [9.17, 15) is 38.4 Å². The molecule has 4 aliphatic heterocycles. The summed E-state index contributed by atoms with van der Waals surface area (Å²) in [6.45, 7) is 9.66. The van der Waals surface area contributed by atoms with E-state index in [4.69, 9.17) is 41.0 Å². The first kappa shape index (κ1) is 81.6. The number of methoxy groups -OCH3 is 2. The largest absolute Gasteiger partial charge is 0.493 e. The number of carboxylic acids is 1. The highest BCUT2D eigenvalue weighted by Crippen LogP contribution is 2.43. The number of Topliss-reactive ketones (excluding diaryl/α,β-unsaturated/α-hetero) is 2. The van der Waals surface area contributed by atoms with E-state index in [0.29, 0.717) is 106 Å². The van der Waals surface area contributed by atoms with E-state index in [2.05, 4.69) is 49.8 Å². The molecule has 4 aromatic heterocycles. The van der Waals surface area contributed by atoms with Crippen molar-refractivity contribution >= 4 is 136 Å². The van der Waals surface area contributed by atoms with Crippen molar-refractivity contribution in [3.63, 3.8) is 0 Å². The van der Waals surface area contributed by atoms with Crippen molar-refractivity contribution in [1.82, 2.24) is 29.7 Å². The number of nitrogen functional groups attached to an aromatic ring is 1. The van der Waals surface area contributed by atoms with E-state index in [-0.39, 0.29) is 130 Å². The Bertz CT molecular complexity index is 4800. The minimum atomic E-state index is -0.867. The summed E-state index contributed by atoms with van der Waals surface area (Å²) in [5.74, 6) is 0.0505. The molecule has 0 saturated carbocycles. The highest BCUT2D eigenvalue weighted by atomic mass is 33.1. The second-order valence-electron chi connectivity index (χ2n) is 26.9. The number of aliphatic imine (C=N–C) groups is 2. The number of hydrogen-bond acceptors (Lipinski definition) is 20. The van der Waals surface area contributed by atoms with Gasteiger partial charge in [-0.3, -0.25) is 58.1 Å². The number of amides is 5. The number of pyridine rings is 2. The molecule has 5 amide bonds. The monoisotopic (exact) mass is 1540 g/mol. The molecule has 0 bridgehead atoms. The van der Waals surface area contributed by atoms with Crippen molar-refractivity contribution in [2.45, 2.75) is 108 Å². The number of fused-ring (bicyclic) bond motifs is 8. The van der Waals surface area contributed by atoms with Crippen molar-refractivity contribution in [2.24, 2.45) is 24.1 Å². The van der Waals surface area contributed by atoms with Crippen molar-refractivity contribution in [2.75, 3.05) is 73.9 Å². The summed E-state index contributed by atoms with van der Waals surface area (Å²) in [5, 5.41) is 17.4. The van der Waals surface area contributed by atoms with Crippen LogP contribution in [0, 0.1) is 0 Å². The number of anilines is 4. The summed E-state index contributed by atoms with van der Waals surface area (Å²) in [6, 6.07) is 35.4. The maximum absolute atomic E-state index is 13.6. The molecule has 29 heteroatoms. The van der Waals surface area contributed by atoms with Crippen LogP contribution in [0.15, 0.2) is 144 Å². The van der Waals surface area contributed by atoms with Crippen LogP contribution < -0.4 is 50.4 Å². The van der Waals surface area contributed by atoms with Crippen molar-refractivity contribution < 1.29 is 62.4 Å². The van der Waals surface area contributed by atoms with Crippen LogP contribution in [0.1, 0.15) is 146 Å². The van der Waals surface area contributed by atoms with E-state index in [1.165, 1.54) is 14.2 Å². The molecule has 0 fully saturated rings. The van der Waals surface area contributed by atoms with Gasteiger partial charge >= 0.3 is 5.97 Å². The predicted molar refractivity (Wildman–Crippen MR) is 431 cm³/mol. The summed E-state index contributed by atoms with van der Waals surface area (Å²) >= 11 is 5.41. The quantitative estimate of drug-likeness (QED) is 0.0173. The highest BCUT2D eigenvalue weighted by Gasteiger charge is 2.39. The molecule has 6 N–H and O–H groups in total. The highest BCUT2D eigenvalue weighted by molar-refractivity contribution is 8.77. The molecule has 0 radical (unpaired) electrons. The topological polar surface area (TPSA) is 323 Å². The van der Waals surface area contributed by atoms with Crippen molar-refractivity contribution in [3.8, 4) is 23.0 Å². The maximum Gasteiger partial charge on any atom is 0.303 e. The Labute approximate surface area is 643 Å². The van der Waals surface area contributed by atoms with Gasteiger partial charge in [-0.2, -0.15) is 0 Å². The maximum atomic E-state index is 13.6. The van der Waals surface area contributed by atoms with Crippen LogP contribution in [0.3, 0.4) is 0 Å². The van der Waals surface area contributed by atoms with Crippen molar-refractivity contribution in [1.29, 1.82) is 0 Å². The van der Waals surface area contributed by atoms with Gasteiger partial charge in [0.2, 0.25) is 5.91 Å². The number of nitrogens with one attached hydrogen (secondary N) is 3. The fourth-order valence-electron chi connectivity index (χ4n) is 12.3. The average molecular weight is 1540 g/mol. The molecule has 0 aliphatic carbocycles. The summed E-state index contributed by atoms with van der Waals surface area (Å²) in [7, 11) is 9.67. The molecule has 4 aromatic carbocycles. The van der Waals surface area contributed by atoms with Crippen LogP contribution in [-0.2, 0) is 70.0 Å². The lowest BCUT2D eigenvalue weighted by Gasteiger charge is -2.24. The number of carbonyl (C=O) groups excluding carboxylic acids is 7. The van der Waals surface area contributed by atoms with Gasteiger partial charge in [0.1, 0.15) is 34.4 Å². The molecule has 4 aliphatic rings. The number of nitrogens with two attached hydrogens (primary N) is 1. The molecule has 568 valence electrons. The number of aliphatic carboxylic acids is 1. The van der Waals surface area contributed by atoms with Gasteiger partial charge in [-0.25, -0.2) is 9.97 Å². The van der Waals surface area contributed by atoms with Crippen LogP contribution in [0.5, 0.6) is 23.0 Å². The smallest absolute Gasteiger partial charge is 0.303 e. The zero-order valence-corrected chi connectivity index (χ0v) is 64.4. The number of carboxylic acid groups (broad SMARTS) is 1. The second-order valence-corrected chi connectivity index (χ2v) is 33.5. The number of carbonyl (C=O) groups is 8. The average Bonchev–Trinajstić information content (AvgIpc) is 1.61. The van der Waals surface area contributed by atoms with Gasteiger partial charge in [0.25, 0.3) is 23.6 Å². The number of para-hydroxylation sites is 2. The predicted octanol–water partition coefficient (Wildman–Crippen LogP) is 12.0. The Kier molecular flexibility index (Phi) is 27.5. The summed E-state index contributed by atoms with van der Waals surface area (Å²) in [4.78, 5) is 122. The summed E-state index contributed by atoms with van der Waals surface area (Å²) in [6.07, 6.45) is 13.7. The third-order valence-electron chi connectivity index (χ3n) is 18.0. The molecule has 1 unspecified atom stereocenters. The molecule has 12 rings (SSSR count). The molecule has 0 spiro atoms. The fourth-order valence-corrected chi connectivity index (χ4v) is 14.8. The molecule has 8 heterocycles. The van der Waals surface area contributed by atoms with Gasteiger partial charge < -0.3 is 54.9 Å². The number of hydrogen-bond donors (Lipinski definition) is 5. The first-order chi connectivity index (χ1) is 51.1. The number of rotatable bonds is 28. The molecule has 0 saturated heterocycles. The Hall–Kier alpha value is -10.5. The normalized spacial score (nSPS) is 14.5. The molecular formula is C79H90N12O13S4. The van der Waals surface area contributed by atoms with Crippen LogP contribution in [0.4, 0.5) is 34.4 Å². The fraction of sp³-hybridized carbons (Fsp3) is 0.342. The zero-order chi connectivity index (χ0) is 76.9. The Balaban J connectivity index is 0.000000205. The Morgan fingerprint density at radius 2 is 1.11 bits per heavy atom. The van der Waals surface area contributed by atoms with E-state index in [1.807, 2.05) is 74.9 Å². The van der Waals surface area contributed by atoms with Gasteiger partial charge in [-0.15, -0.1) is 9.45 Å². The minimum absolute atomic E-state index is 0. The van der Waals surface area contributed by atoms with Gasteiger partial charge in [0, 0.05) is 124 Å². The van der Waals surface area contributed by atoms with Crippen LogP contribution in [-0.4, -0.2) is 158 Å². The molecule has 25 nitrogen and oxygen atoms in total. The van der Waals surface area contributed by atoms with Gasteiger partial charge in [0.15, 0.2) is 34.6 Å². The standard InChI is InChI=1S/C39H42N6O6S2.C21H20N2O5.C18H24N4O2S2.CH4/c1-39(2,53(5)52)23-41-37(48)31-16-24(22-44(31)3)17-32(46)28-11-8-13-35(42-28)43-36(47)14-9-15-51-34-20-29-27(19-33(34)50-4)38(49)45-26(21-40-29)18-25-10-6-7-12-30(25)45;1-27-18-10-15-16(11-19(18)28-8-4-7-20(24)25)22-12-14-9-13-5-2-3-6-17(13)23(14)21(15)26;1-18(2,26-25-4)11-20-17(24)14-8-12(10-22(14)3)9-15(23)13-6-5-7-16(19)21-13;/h6-8,10-13,16,19-22,26H,9,14-15,17-18,23H2,1-5H3,(H,41,48)(H,42,43,47);2-3,5-6,10-12,14H,4,7-9H2,1H3,(H,24,25);5-8,10H,9,11H2,1-4H3,(H2,19,21)(H,20,24);1H4/t26-,53?;14-;;/m00../s1. The van der Waals surface area contributed by atoms with E-state index in [0.717, 1.165) is 34.5 Å². The number of ether oxygens (including phenoxy) is 4. The van der Waals surface area contributed by atoms with E-state index >= 15 is 0 Å². The molecule has 3 atom stereocenters. The van der Waals surface area contributed by atoms with Gasteiger partial charge in [-0.05, 0) is 136 Å². The first-order valence-electron chi connectivity index (χ1n) is 34.5. The van der Waals surface area contributed by atoms with E-state index < -0.39 is 5.97 Å². The lowest BCUT2D eigenvalue weighted by atomic mass is 10.1. The van der Waals surface area contributed by atoms with Crippen molar-refractivity contribution in [3.05, 3.63) is 190 Å². The number of aryl methyl sites for hydroxylation is 2. The second kappa shape index (κ2) is 36.4. The number of benzene rings is 4. The zero-order valence-electron chi connectivity index (χ0n) is 61.1. The Morgan fingerprint density at radius 3 is 1.58 bits per heavy atom. The summed E-state index contributed by atoms with van der Waals surface area (Å²) in [5.41, 5.74) is 14.5. The first-order valence-corrected chi connectivity index (χ1v) is 39.6. The molecule has 8 aromatic rings. The summed E-state index contributed by atoms with van der Waals surface area (Å²) < 4.78 is 25.8. The number of aromatic nitrogens is 4. The van der Waals surface area contributed by atoms with Crippen LogP contribution in [0.25, 0.3) is 0 Å². The third-order valence-corrected chi connectivity index (χ3v) is 23.6. The lowest BCUT2D eigenvalue weighted by Crippen LogP contribution is -2.41. The van der Waals surface area contributed by atoms with Crippen LogP contribution in [0.2, 0.25) is 0 Å². The molecular weight excluding hydrogens is 1450 g/mol. The lowest BCUT2D eigenvalue weighted by molar-refractivity contribution is -0.137. The SMILES string of the molecule is C.COc1cc2c(cc1OCCCC(=O)Nc1cccc(C(=O)Cc3cc(C(=O)NCC(C)(C)S(C)=S)n(C)c3)n1)N=C[C@@H]1Cc3ccccc3N1C2=O.COc1cc2c(cc1OCCCC(=O)O)N=C[C@@H]1Cc3ccccc3N1C2=O.CSSC(C)(C)CNC(=O)c1cc(CC(=O)c2cccc(N)n2)cn1C. The van der Waals surface area contributed by atoms with Crippen LogP contribution >= 0.6 is 21.6 Å². The van der Waals surface area contributed by atoms with E-state index in [1.54, 1.807) is 152 Å². The third kappa shape index (κ3) is 20.2. The van der Waals surface area contributed by atoms with Gasteiger partial charge in [0.05, 0.1) is 62.0 Å².